The molecule has 0 spiro atoms. The average Bonchev–Trinajstić information content (AvgIpc) is 3.04. The van der Waals surface area contributed by atoms with Crippen molar-refractivity contribution in [2.45, 2.75) is 58.3 Å². The minimum atomic E-state index is -0.549. The monoisotopic (exact) mass is 475 g/mol. The second-order valence-corrected chi connectivity index (χ2v) is 8.67. The summed E-state index contributed by atoms with van der Waals surface area (Å²) in [5, 5.41) is 0.361. The lowest BCUT2D eigenvalue weighted by Gasteiger charge is -2.15. The second kappa shape index (κ2) is 11.5. The molecule has 0 saturated carbocycles. The van der Waals surface area contributed by atoms with Gasteiger partial charge in [0.05, 0.1) is 39.0 Å². The number of carbonyl (C=O) groups is 3. The van der Waals surface area contributed by atoms with E-state index >= 15 is 0 Å². The first-order valence-corrected chi connectivity index (χ1v) is 11.8. The van der Waals surface area contributed by atoms with Gasteiger partial charge < -0.3 is 4.74 Å². The zero-order valence-electron chi connectivity index (χ0n) is 18.2. The van der Waals surface area contributed by atoms with Crippen molar-refractivity contribution in [2.75, 3.05) is 11.5 Å². The molecule has 3 rings (SSSR count). The molecule has 0 fully saturated rings. The second-order valence-electron chi connectivity index (χ2n) is 7.89. The van der Waals surface area contributed by atoms with Crippen LogP contribution in [0.4, 0.5) is 5.69 Å². The van der Waals surface area contributed by atoms with Gasteiger partial charge in [-0.05, 0) is 36.8 Å². The van der Waals surface area contributed by atoms with Crippen LogP contribution >= 0.6 is 23.2 Å². The molecule has 0 unspecified atom stereocenters. The Morgan fingerprint density at radius 2 is 1.53 bits per heavy atom. The number of halogens is 2. The van der Waals surface area contributed by atoms with Crippen LogP contribution in [0.5, 0.6) is 0 Å². The van der Waals surface area contributed by atoms with Gasteiger partial charge in [0.2, 0.25) is 0 Å². The Hall–Kier alpha value is -2.37. The van der Waals surface area contributed by atoms with Crippen molar-refractivity contribution in [1.29, 1.82) is 0 Å². The Morgan fingerprint density at radius 3 is 2.25 bits per heavy atom. The van der Waals surface area contributed by atoms with E-state index in [1.54, 1.807) is 18.2 Å². The van der Waals surface area contributed by atoms with Crippen molar-refractivity contribution in [2.24, 2.45) is 0 Å². The minimum absolute atomic E-state index is 0.119. The Labute approximate surface area is 198 Å². The van der Waals surface area contributed by atoms with Crippen LogP contribution < -0.4 is 4.90 Å². The highest BCUT2D eigenvalue weighted by Gasteiger charge is 2.38. The molecule has 0 N–H and O–H groups in total. The molecular weight excluding hydrogens is 449 g/mol. The van der Waals surface area contributed by atoms with Gasteiger partial charge in [-0.2, -0.15) is 0 Å². The summed E-state index contributed by atoms with van der Waals surface area (Å²) in [6.45, 7) is 2.54. The number of unbranched alkanes of at least 4 members (excludes halogenated alkanes) is 7. The fourth-order valence-electron chi connectivity index (χ4n) is 3.74. The van der Waals surface area contributed by atoms with E-state index in [2.05, 4.69) is 6.92 Å². The lowest BCUT2D eigenvalue weighted by atomic mass is 10.1. The van der Waals surface area contributed by atoms with Gasteiger partial charge in [0.25, 0.3) is 11.8 Å². The number of ether oxygens (including phenoxy) is 1. The Bertz CT molecular complexity index is 1010. The number of rotatable bonds is 11. The van der Waals surface area contributed by atoms with Gasteiger partial charge in [-0.25, -0.2) is 9.69 Å². The van der Waals surface area contributed by atoms with Crippen LogP contribution in [-0.2, 0) is 4.74 Å². The van der Waals surface area contributed by atoms with Gasteiger partial charge in [-0.1, -0.05) is 81.1 Å². The number of amides is 2. The van der Waals surface area contributed by atoms with Crippen molar-refractivity contribution in [1.82, 2.24) is 0 Å². The van der Waals surface area contributed by atoms with Gasteiger partial charge >= 0.3 is 5.97 Å². The fraction of sp³-hybridized carbons (Fsp3) is 0.400. The first kappa shape index (κ1) is 24.3. The number of benzene rings is 2. The predicted molar refractivity (Wildman–Crippen MR) is 127 cm³/mol. The number of esters is 1. The van der Waals surface area contributed by atoms with Crippen LogP contribution in [0, 0.1) is 0 Å². The van der Waals surface area contributed by atoms with Crippen molar-refractivity contribution >= 4 is 46.7 Å². The summed E-state index contributed by atoms with van der Waals surface area (Å²) < 4.78 is 5.35. The van der Waals surface area contributed by atoms with Gasteiger partial charge in [0.15, 0.2) is 0 Å². The van der Waals surface area contributed by atoms with Crippen molar-refractivity contribution in [3.05, 3.63) is 63.1 Å². The molecule has 7 heteroatoms. The quantitative estimate of drug-likeness (QED) is 0.197. The molecule has 170 valence electrons. The molecule has 1 aliphatic heterocycles. The third kappa shape index (κ3) is 5.51. The van der Waals surface area contributed by atoms with Gasteiger partial charge in [-0.15, -0.1) is 0 Å². The summed E-state index contributed by atoms with van der Waals surface area (Å²) in [5.74, 6) is -1.56. The molecular formula is C25H27Cl2NO4. The molecule has 32 heavy (non-hydrogen) atoms. The van der Waals surface area contributed by atoms with Gasteiger partial charge in [-0.3, -0.25) is 9.59 Å². The molecule has 0 radical (unpaired) electrons. The number of fused-ring (bicyclic) bond motifs is 1. The van der Waals surface area contributed by atoms with Gasteiger partial charge in [0, 0.05) is 0 Å². The number of anilines is 1. The van der Waals surface area contributed by atoms with E-state index in [1.165, 1.54) is 50.3 Å². The van der Waals surface area contributed by atoms with Crippen molar-refractivity contribution in [3.63, 3.8) is 0 Å². The Kier molecular flexibility index (Phi) is 8.71. The molecule has 2 aromatic carbocycles. The van der Waals surface area contributed by atoms with Crippen LogP contribution in [-0.4, -0.2) is 24.4 Å². The summed E-state index contributed by atoms with van der Waals surface area (Å²) in [5.41, 5.74) is 0.811. The fourth-order valence-corrected chi connectivity index (χ4v) is 4.12. The SMILES string of the molecule is CCCCCCCCCCOC(=O)c1ccc2c(c1)C(=O)N(c1cccc(Cl)c1Cl)C2=O. The third-order valence-corrected chi connectivity index (χ3v) is 6.33. The van der Waals surface area contributed by atoms with Crippen LogP contribution in [0.1, 0.15) is 89.4 Å². The number of carbonyl (C=O) groups excluding carboxylic acids is 3. The lowest BCUT2D eigenvalue weighted by Crippen LogP contribution is -2.29. The molecule has 0 bridgehead atoms. The summed E-state index contributed by atoms with van der Waals surface area (Å²) >= 11 is 12.2. The molecule has 2 aromatic rings. The van der Waals surface area contributed by atoms with E-state index in [9.17, 15) is 14.4 Å². The average molecular weight is 476 g/mol. The van der Waals surface area contributed by atoms with Crippen molar-refractivity contribution < 1.29 is 19.1 Å². The molecule has 0 aromatic heterocycles. The maximum atomic E-state index is 12.9. The summed E-state index contributed by atoms with van der Waals surface area (Å²) in [4.78, 5) is 39.1. The van der Waals surface area contributed by atoms with Crippen molar-refractivity contribution in [3.8, 4) is 0 Å². The molecule has 0 saturated heterocycles. The molecule has 1 heterocycles. The number of imide groups is 1. The van der Waals surface area contributed by atoms with Crippen LogP contribution in [0.3, 0.4) is 0 Å². The van der Waals surface area contributed by atoms with E-state index in [0.717, 1.165) is 24.2 Å². The highest BCUT2D eigenvalue weighted by molar-refractivity contribution is 6.46. The Morgan fingerprint density at radius 1 is 0.875 bits per heavy atom. The zero-order valence-corrected chi connectivity index (χ0v) is 19.7. The predicted octanol–water partition coefficient (Wildman–Crippen LogP) is 7.09. The van der Waals surface area contributed by atoms with E-state index in [1.807, 2.05) is 0 Å². The maximum Gasteiger partial charge on any atom is 0.338 e. The zero-order chi connectivity index (χ0) is 23.1. The molecule has 5 nitrogen and oxygen atoms in total. The number of hydrogen-bond acceptors (Lipinski definition) is 4. The molecule has 0 atom stereocenters. The largest absolute Gasteiger partial charge is 0.462 e. The van der Waals surface area contributed by atoms with Crippen LogP contribution in [0.15, 0.2) is 36.4 Å². The van der Waals surface area contributed by atoms with E-state index in [-0.39, 0.29) is 32.4 Å². The summed E-state index contributed by atoms with van der Waals surface area (Å²) in [7, 11) is 0. The normalized spacial score (nSPS) is 12.9. The first-order valence-electron chi connectivity index (χ1n) is 11.1. The summed E-state index contributed by atoms with van der Waals surface area (Å²) in [6.07, 6.45) is 9.25. The maximum absolute atomic E-state index is 12.9. The van der Waals surface area contributed by atoms with E-state index in [4.69, 9.17) is 27.9 Å². The third-order valence-electron chi connectivity index (χ3n) is 5.53. The minimum Gasteiger partial charge on any atom is -0.462 e. The van der Waals surface area contributed by atoms with Gasteiger partial charge in [0.1, 0.15) is 0 Å². The molecule has 1 aliphatic rings. The van der Waals surface area contributed by atoms with Crippen LogP contribution in [0.2, 0.25) is 10.0 Å². The standard InChI is InChI=1S/C25H27Cl2NO4/c1-2-3-4-5-6-7-8-9-15-32-25(31)17-13-14-18-19(16-17)24(30)28(23(18)29)21-12-10-11-20(26)22(21)27/h10-14,16H,2-9,15H2,1H3. The first-order chi connectivity index (χ1) is 15.5. The number of nitrogens with zero attached hydrogens (tertiary/aromatic N) is 1. The molecule has 0 aliphatic carbocycles. The Balaban J connectivity index is 1.57. The number of hydrogen-bond donors (Lipinski definition) is 0. The van der Waals surface area contributed by atoms with E-state index in [0.29, 0.717) is 6.61 Å². The highest BCUT2D eigenvalue weighted by Crippen LogP contribution is 2.37. The lowest BCUT2D eigenvalue weighted by molar-refractivity contribution is 0.0497. The smallest absolute Gasteiger partial charge is 0.338 e. The topological polar surface area (TPSA) is 63.7 Å². The molecule has 2 amide bonds. The van der Waals surface area contributed by atoms with Crippen LogP contribution in [0.25, 0.3) is 0 Å². The summed E-state index contributed by atoms with van der Waals surface area (Å²) in [6, 6.07) is 9.12. The highest BCUT2D eigenvalue weighted by atomic mass is 35.5. The van der Waals surface area contributed by atoms with E-state index < -0.39 is 17.8 Å².